The van der Waals surface area contributed by atoms with Crippen molar-refractivity contribution in [2.45, 2.75) is 38.6 Å². The molecule has 1 fully saturated rings. The van der Waals surface area contributed by atoms with Gasteiger partial charge in [-0.05, 0) is 44.1 Å². The van der Waals surface area contributed by atoms with E-state index in [2.05, 4.69) is 29.0 Å². The predicted octanol–water partition coefficient (Wildman–Crippen LogP) is 1.80. The van der Waals surface area contributed by atoms with Gasteiger partial charge in [0, 0.05) is 13.1 Å². The summed E-state index contributed by atoms with van der Waals surface area (Å²) < 4.78 is 24.8. The largest absolute Gasteiger partial charge is 0.341 e. The fourth-order valence-corrected chi connectivity index (χ4v) is 3.85. The fraction of sp³-hybridized carbons (Fsp3) is 0.588. The second kappa shape index (κ2) is 7.93. The molecule has 0 radical (unpaired) electrons. The molecular weight excluding hydrogens is 312 g/mol. The van der Waals surface area contributed by atoms with Gasteiger partial charge in [-0.15, -0.1) is 0 Å². The van der Waals surface area contributed by atoms with Crippen molar-refractivity contribution in [1.29, 1.82) is 0 Å². The normalized spacial score (nSPS) is 17.9. The maximum atomic E-state index is 12.3. The molecule has 0 aliphatic carbocycles. The van der Waals surface area contributed by atoms with Gasteiger partial charge in [-0.1, -0.05) is 30.3 Å². The average molecular weight is 338 g/mol. The lowest BCUT2D eigenvalue weighted by Crippen LogP contribution is -2.49. The Bertz CT molecular complexity index is 608. The Morgan fingerprint density at radius 3 is 2.43 bits per heavy atom. The molecule has 1 atom stereocenters. The lowest BCUT2D eigenvalue weighted by atomic mass is 9.90. The van der Waals surface area contributed by atoms with E-state index < -0.39 is 16.1 Å². The van der Waals surface area contributed by atoms with E-state index >= 15 is 0 Å². The Balaban J connectivity index is 1.76. The Morgan fingerprint density at radius 2 is 1.87 bits per heavy atom. The first kappa shape index (κ1) is 17.9. The number of hydrogen-bond donors (Lipinski definition) is 1. The third-order valence-electron chi connectivity index (χ3n) is 4.37. The summed E-state index contributed by atoms with van der Waals surface area (Å²) in [7, 11) is -3.35. The number of hydrogen-bond acceptors (Lipinski definition) is 3. The summed E-state index contributed by atoms with van der Waals surface area (Å²) >= 11 is 0. The van der Waals surface area contributed by atoms with Crippen LogP contribution in [0.3, 0.4) is 0 Å². The van der Waals surface area contributed by atoms with Crippen molar-refractivity contribution in [3.05, 3.63) is 35.9 Å². The lowest BCUT2D eigenvalue weighted by Gasteiger charge is -2.33. The molecule has 1 saturated heterocycles. The van der Waals surface area contributed by atoms with E-state index in [9.17, 15) is 13.2 Å². The van der Waals surface area contributed by atoms with E-state index in [4.69, 9.17) is 0 Å². The maximum absolute atomic E-state index is 12.3. The fourth-order valence-electron chi connectivity index (χ4n) is 3.10. The lowest BCUT2D eigenvalue weighted by molar-refractivity contribution is -0.134. The number of carbonyl (C=O) groups is 1. The van der Waals surface area contributed by atoms with Crippen molar-refractivity contribution >= 4 is 15.9 Å². The zero-order valence-electron chi connectivity index (χ0n) is 13.9. The number of aryl methyl sites for hydroxylation is 1. The molecule has 0 aromatic heterocycles. The molecule has 1 aliphatic heterocycles. The van der Waals surface area contributed by atoms with Crippen molar-refractivity contribution in [1.82, 2.24) is 9.62 Å². The highest BCUT2D eigenvalue weighted by Gasteiger charge is 2.27. The topological polar surface area (TPSA) is 66.5 Å². The second-order valence-electron chi connectivity index (χ2n) is 6.40. The smallest absolute Gasteiger partial charge is 0.240 e. The minimum atomic E-state index is -3.35. The van der Waals surface area contributed by atoms with Crippen LogP contribution in [0.4, 0.5) is 0 Å². The van der Waals surface area contributed by atoms with Gasteiger partial charge in [0.1, 0.15) is 0 Å². The molecule has 5 nitrogen and oxygen atoms in total. The number of benzene rings is 1. The average Bonchev–Trinajstić information content (AvgIpc) is 2.52. The summed E-state index contributed by atoms with van der Waals surface area (Å²) in [4.78, 5) is 14.0. The Hall–Kier alpha value is -1.40. The number of rotatable bonds is 6. The van der Waals surface area contributed by atoms with Crippen LogP contribution in [-0.2, 0) is 21.2 Å². The van der Waals surface area contributed by atoms with E-state index in [0.717, 1.165) is 31.9 Å². The van der Waals surface area contributed by atoms with Crippen LogP contribution in [0.5, 0.6) is 0 Å². The summed E-state index contributed by atoms with van der Waals surface area (Å²) in [6.45, 7) is 3.03. The van der Waals surface area contributed by atoms with Crippen LogP contribution < -0.4 is 4.72 Å². The van der Waals surface area contributed by atoms with Crippen LogP contribution in [-0.4, -0.2) is 44.6 Å². The zero-order chi connectivity index (χ0) is 16.9. The number of nitrogens with one attached hydrogen (secondary N) is 1. The van der Waals surface area contributed by atoms with Crippen LogP contribution in [0.15, 0.2) is 30.3 Å². The minimum absolute atomic E-state index is 0.128. The molecule has 0 bridgehead atoms. The summed E-state index contributed by atoms with van der Waals surface area (Å²) in [5, 5.41) is 0. The zero-order valence-corrected chi connectivity index (χ0v) is 14.7. The third-order valence-corrected chi connectivity index (χ3v) is 5.15. The second-order valence-corrected chi connectivity index (χ2v) is 8.18. The van der Waals surface area contributed by atoms with Crippen LogP contribution in [0, 0.1) is 5.92 Å². The van der Waals surface area contributed by atoms with Gasteiger partial charge in [0.05, 0.1) is 12.3 Å². The highest BCUT2D eigenvalue weighted by atomic mass is 32.2. The van der Waals surface area contributed by atoms with E-state index in [1.165, 1.54) is 5.56 Å². The number of likely N-dealkylation sites (tertiary alicyclic amines) is 1. The third kappa shape index (κ3) is 5.95. The summed E-state index contributed by atoms with van der Waals surface area (Å²) in [6.07, 6.45) is 5.27. The molecule has 128 valence electrons. The summed E-state index contributed by atoms with van der Waals surface area (Å²) in [6, 6.07) is 9.76. The highest BCUT2D eigenvalue weighted by molar-refractivity contribution is 7.88. The summed E-state index contributed by atoms with van der Waals surface area (Å²) in [5.41, 5.74) is 1.36. The Labute approximate surface area is 139 Å². The first-order valence-electron chi connectivity index (χ1n) is 8.15. The van der Waals surface area contributed by atoms with Crippen molar-refractivity contribution in [3.8, 4) is 0 Å². The summed E-state index contributed by atoms with van der Waals surface area (Å²) in [5.74, 6) is 0.509. The highest BCUT2D eigenvalue weighted by Crippen LogP contribution is 2.22. The predicted molar refractivity (Wildman–Crippen MR) is 91.5 cm³/mol. The number of nitrogens with zero attached hydrogens (tertiary/aromatic N) is 1. The number of carbonyl (C=O) groups excluding carboxylic acids is 1. The molecule has 1 amide bonds. The minimum Gasteiger partial charge on any atom is -0.341 e. The van der Waals surface area contributed by atoms with Gasteiger partial charge >= 0.3 is 0 Å². The van der Waals surface area contributed by atoms with Gasteiger partial charge in [0.15, 0.2) is 0 Å². The molecule has 1 heterocycles. The number of amides is 1. The molecule has 1 aromatic rings. The van der Waals surface area contributed by atoms with Gasteiger partial charge in [0.2, 0.25) is 15.9 Å². The molecule has 6 heteroatoms. The van der Waals surface area contributed by atoms with Gasteiger partial charge in [-0.25, -0.2) is 13.1 Å². The molecule has 1 aliphatic rings. The van der Waals surface area contributed by atoms with Crippen molar-refractivity contribution in [2.75, 3.05) is 19.3 Å². The van der Waals surface area contributed by atoms with E-state index in [1.54, 1.807) is 11.8 Å². The molecular formula is C17H26N2O3S. The van der Waals surface area contributed by atoms with Crippen LogP contribution in [0.1, 0.15) is 31.7 Å². The molecule has 2 rings (SSSR count). The first-order valence-corrected chi connectivity index (χ1v) is 10.0. The van der Waals surface area contributed by atoms with Crippen LogP contribution in [0.2, 0.25) is 0 Å². The molecule has 0 saturated carbocycles. The standard InChI is InChI=1S/C17H26N2O3S/c1-14(18-23(2,21)22)17(20)19-12-10-16(11-13-19)9-8-15-6-4-3-5-7-15/h3-7,14,16,18H,8-13H2,1-2H3/t14-/m0/s1. The quantitative estimate of drug-likeness (QED) is 0.860. The Kier molecular flexibility index (Phi) is 6.18. The van der Waals surface area contributed by atoms with Gasteiger partial charge in [-0.3, -0.25) is 4.79 Å². The number of piperidine rings is 1. The Morgan fingerprint density at radius 1 is 1.26 bits per heavy atom. The first-order chi connectivity index (χ1) is 10.8. The monoisotopic (exact) mass is 338 g/mol. The molecule has 0 spiro atoms. The van der Waals surface area contributed by atoms with Crippen molar-refractivity contribution in [2.24, 2.45) is 5.92 Å². The van der Waals surface area contributed by atoms with Crippen LogP contribution >= 0.6 is 0 Å². The van der Waals surface area contributed by atoms with Crippen molar-refractivity contribution in [3.63, 3.8) is 0 Å². The van der Waals surface area contributed by atoms with Gasteiger partial charge in [0.25, 0.3) is 0 Å². The molecule has 23 heavy (non-hydrogen) atoms. The molecule has 1 aromatic carbocycles. The molecule has 1 N–H and O–H groups in total. The van der Waals surface area contributed by atoms with Gasteiger partial charge < -0.3 is 4.90 Å². The SMILES string of the molecule is C[C@H](NS(C)(=O)=O)C(=O)N1CCC(CCc2ccccc2)CC1. The van der Waals surface area contributed by atoms with Gasteiger partial charge in [-0.2, -0.15) is 0 Å². The molecule has 0 unspecified atom stereocenters. The maximum Gasteiger partial charge on any atom is 0.240 e. The van der Waals surface area contributed by atoms with Crippen molar-refractivity contribution < 1.29 is 13.2 Å². The van der Waals surface area contributed by atoms with Crippen LogP contribution in [0.25, 0.3) is 0 Å². The van der Waals surface area contributed by atoms with E-state index in [-0.39, 0.29) is 5.91 Å². The van der Waals surface area contributed by atoms with E-state index in [1.807, 2.05) is 6.07 Å². The number of sulfonamides is 1. The van der Waals surface area contributed by atoms with E-state index in [0.29, 0.717) is 19.0 Å².